The van der Waals surface area contributed by atoms with Crippen LogP contribution in [0.1, 0.15) is 26.7 Å². The van der Waals surface area contributed by atoms with Gasteiger partial charge in [0.15, 0.2) is 5.41 Å². The third kappa shape index (κ3) is 4.78. The monoisotopic (exact) mass is 381 g/mol. The van der Waals surface area contributed by atoms with Crippen molar-refractivity contribution in [2.75, 3.05) is 26.1 Å². The van der Waals surface area contributed by atoms with E-state index in [0.29, 0.717) is 12.8 Å². The van der Waals surface area contributed by atoms with Crippen molar-refractivity contribution in [1.29, 1.82) is 0 Å². The smallest absolute Gasteiger partial charge is 0.323 e. The average Bonchev–Trinajstić information content (AvgIpc) is 3.01. The molecular weight excluding hydrogens is 354 g/mol. The fraction of sp³-hybridized carbons (Fsp3) is 0.579. The summed E-state index contributed by atoms with van der Waals surface area (Å²) < 4.78 is 10.4. The van der Waals surface area contributed by atoms with E-state index in [1.165, 1.54) is 7.11 Å². The van der Waals surface area contributed by atoms with Gasteiger partial charge in [-0.05, 0) is 44.7 Å². The Kier molecular flexibility index (Phi) is 7.93. The molecule has 6 nitrogen and oxygen atoms in total. The highest BCUT2D eigenvalue weighted by atomic mass is 32.2. The molecule has 7 heteroatoms. The van der Waals surface area contributed by atoms with Crippen LogP contribution in [0.25, 0.3) is 0 Å². The maximum absolute atomic E-state index is 12.7. The van der Waals surface area contributed by atoms with E-state index >= 15 is 0 Å². The molecule has 0 aromatic heterocycles. The SMILES string of the molecule is CCOC(=O)C1(C(=O)OCC)CC(CSc2ccccc2)C(NOC)C1. The van der Waals surface area contributed by atoms with E-state index in [-0.39, 0.29) is 25.2 Å². The van der Waals surface area contributed by atoms with Crippen molar-refractivity contribution in [2.24, 2.45) is 11.3 Å². The first-order valence-corrected chi connectivity index (χ1v) is 9.86. The Hall–Kier alpha value is -1.57. The summed E-state index contributed by atoms with van der Waals surface area (Å²) >= 11 is 1.70. The van der Waals surface area contributed by atoms with Gasteiger partial charge in [0, 0.05) is 16.7 Å². The summed E-state index contributed by atoms with van der Waals surface area (Å²) in [5.41, 5.74) is 1.68. The van der Waals surface area contributed by atoms with Crippen molar-refractivity contribution in [2.45, 2.75) is 37.6 Å². The molecule has 0 amide bonds. The molecule has 1 saturated carbocycles. The van der Waals surface area contributed by atoms with Gasteiger partial charge in [-0.25, -0.2) is 0 Å². The maximum atomic E-state index is 12.7. The average molecular weight is 381 g/mol. The molecule has 26 heavy (non-hydrogen) atoms. The number of ether oxygens (including phenoxy) is 2. The number of benzene rings is 1. The Bertz CT molecular complexity index is 577. The number of hydrogen-bond donors (Lipinski definition) is 1. The number of thioether (sulfide) groups is 1. The van der Waals surface area contributed by atoms with Crippen molar-refractivity contribution in [3.05, 3.63) is 30.3 Å². The number of esters is 2. The van der Waals surface area contributed by atoms with Crippen LogP contribution in [0.3, 0.4) is 0 Å². The molecular formula is C19H27NO5S. The topological polar surface area (TPSA) is 73.9 Å². The standard InChI is InChI=1S/C19H27NO5S/c1-4-24-17(21)19(18(22)25-5-2)11-14(16(12-19)20-23-3)13-26-15-9-7-6-8-10-15/h6-10,14,16,20H,4-5,11-13H2,1-3H3. The fourth-order valence-corrected chi connectivity index (χ4v) is 4.46. The van der Waals surface area contributed by atoms with E-state index in [1.807, 2.05) is 30.3 Å². The predicted octanol–water partition coefficient (Wildman–Crippen LogP) is 2.82. The van der Waals surface area contributed by atoms with Gasteiger partial charge in [0.2, 0.25) is 0 Å². The van der Waals surface area contributed by atoms with Crippen LogP contribution in [0.2, 0.25) is 0 Å². The summed E-state index contributed by atoms with van der Waals surface area (Å²) in [5, 5.41) is 0. The van der Waals surface area contributed by atoms with Crippen molar-refractivity contribution < 1.29 is 23.9 Å². The number of carbonyl (C=O) groups is 2. The van der Waals surface area contributed by atoms with Crippen LogP contribution in [0.5, 0.6) is 0 Å². The van der Waals surface area contributed by atoms with Crippen LogP contribution in [-0.2, 0) is 23.9 Å². The Morgan fingerprint density at radius 2 is 1.73 bits per heavy atom. The predicted molar refractivity (Wildman–Crippen MR) is 99.5 cm³/mol. The molecule has 2 rings (SSSR count). The third-order valence-electron chi connectivity index (χ3n) is 4.56. The molecule has 0 spiro atoms. The minimum atomic E-state index is -1.27. The molecule has 1 aliphatic carbocycles. The summed E-state index contributed by atoms with van der Waals surface area (Å²) in [6, 6.07) is 9.91. The van der Waals surface area contributed by atoms with Crippen molar-refractivity contribution in [1.82, 2.24) is 5.48 Å². The Morgan fingerprint density at radius 1 is 1.12 bits per heavy atom. The zero-order chi connectivity index (χ0) is 19.0. The van der Waals surface area contributed by atoms with Crippen LogP contribution in [0.4, 0.5) is 0 Å². The van der Waals surface area contributed by atoms with Gasteiger partial charge in [-0.3, -0.25) is 9.59 Å². The van der Waals surface area contributed by atoms with Crippen molar-refractivity contribution in [3.8, 4) is 0 Å². The number of hydroxylamine groups is 1. The molecule has 1 aliphatic rings. The number of carbonyl (C=O) groups excluding carboxylic acids is 2. The first kappa shape index (κ1) is 20.7. The molecule has 0 bridgehead atoms. The summed E-state index contributed by atoms with van der Waals surface area (Å²) in [6.07, 6.45) is 0.685. The fourth-order valence-electron chi connectivity index (χ4n) is 3.35. The zero-order valence-electron chi connectivity index (χ0n) is 15.5. The normalized spacial score (nSPS) is 21.3. The van der Waals surface area contributed by atoms with Gasteiger partial charge in [0.05, 0.1) is 20.3 Å². The molecule has 0 saturated heterocycles. The van der Waals surface area contributed by atoms with Crippen LogP contribution in [-0.4, -0.2) is 44.1 Å². The second-order valence-corrected chi connectivity index (χ2v) is 7.34. The highest BCUT2D eigenvalue weighted by Gasteiger charge is 2.57. The van der Waals surface area contributed by atoms with Crippen molar-refractivity contribution in [3.63, 3.8) is 0 Å². The Labute approximate surface area is 158 Å². The molecule has 1 aromatic rings. The van der Waals surface area contributed by atoms with Crippen molar-refractivity contribution >= 4 is 23.7 Å². The summed E-state index contributed by atoms with van der Waals surface area (Å²) in [5.74, 6) is -0.193. The highest BCUT2D eigenvalue weighted by molar-refractivity contribution is 7.99. The van der Waals surface area contributed by atoms with E-state index in [2.05, 4.69) is 5.48 Å². The molecule has 0 heterocycles. The molecule has 0 radical (unpaired) electrons. The quantitative estimate of drug-likeness (QED) is 0.305. The lowest BCUT2D eigenvalue weighted by Gasteiger charge is -2.24. The molecule has 1 N–H and O–H groups in total. The third-order valence-corrected chi connectivity index (χ3v) is 5.76. The van der Waals surface area contributed by atoms with Gasteiger partial charge in [-0.1, -0.05) is 18.2 Å². The van der Waals surface area contributed by atoms with Crippen LogP contribution >= 0.6 is 11.8 Å². The van der Waals surface area contributed by atoms with E-state index in [0.717, 1.165) is 10.6 Å². The zero-order valence-corrected chi connectivity index (χ0v) is 16.3. The van der Waals surface area contributed by atoms with E-state index in [4.69, 9.17) is 14.3 Å². The van der Waals surface area contributed by atoms with Crippen LogP contribution in [0.15, 0.2) is 35.2 Å². The number of nitrogens with one attached hydrogen (secondary N) is 1. The van der Waals surface area contributed by atoms with Gasteiger partial charge in [-0.2, -0.15) is 5.48 Å². The number of hydrogen-bond acceptors (Lipinski definition) is 7. The lowest BCUT2D eigenvalue weighted by Crippen LogP contribution is -2.41. The summed E-state index contributed by atoms with van der Waals surface area (Å²) in [6.45, 7) is 3.93. The minimum absolute atomic E-state index is 0.0639. The van der Waals surface area contributed by atoms with E-state index in [9.17, 15) is 9.59 Å². The van der Waals surface area contributed by atoms with Gasteiger partial charge in [0.25, 0.3) is 0 Å². The Balaban J connectivity index is 2.18. The molecule has 2 unspecified atom stereocenters. The van der Waals surface area contributed by atoms with E-state index < -0.39 is 17.4 Å². The first-order chi connectivity index (χ1) is 12.6. The summed E-state index contributed by atoms with van der Waals surface area (Å²) in [7, 11) is 1.54. The first-order valence-electron chi connectivity index (χ1n) is 8.88. The molecule has 144 valence electrons. The highest BCUT2D eigenvalue weighted by Crippen LogP contribution is 2.46. The maximum Gasteiger partial charge on any atom is 0.323 e. The number of rotatable bonds is 9. The lowest BCUT2D eigenvalue weighted by molar-refractivity contribution is -0.172. The van der Waals surface area contributed by atoms with Gasteiger partial charge in [-0.15, -0.1) is 11.8 Å². The van der Waals surface area contributed by atoms with E-state index in [1.54, 1.807) is 25.6 Å². The largest absolute Gasteiger partial charge is 0.465 e. The van der Waals surface area contributed by atoms with Gasteiger partial charge < -0.3 is 14.3 Å². The minimum Gasteiger partial charge on any atom is -0.465 e. The lowest BCUT2D eigenvalue weighted by atomic mass is 9.85. The van der Waals surface area contributed by atoms with Gasteiger partial charge >= 0.3 is 11.9 Å². The second kappa shape index (κ2) is 9.94. The second-order valence-electron chi connectivity index (χ2n) is 6.24. The molecule has 2 atom stereocenters. The van der Waals surface area contributed by atoms with Gasteiger partial charge in [0.1, 0.15) is 0 Å². The summed E-state index contributed by atoms with van der Waals surface area (Å²) in [4.78, 5) is 31.6. The van der Waals surface area contributed by atoms with Crippen LogP contribution < -0.4 is 5.48 Å². The molecule has 1 aromatic carbocycles. The Morgan fingerprint density at radius 3 is 2.27 bits per heavy atom. The molecule has 1 fully saturated rings. The van der Waals surface area contributed by atoms with Crippen LogP contribution in [0, 0.1) is 11.3 Å². The molecule has 0 aliphatic heterocycles.